The molecule has 0 spiro atoms. The van der Waals surface area contributed by atoms with E-state index in [4.69, 9.17) is 0 Å². The molecule has 3 aliphatic rings. The molecule has 0 unspecified atom stereocenters. The molecule has 6 heteroatoms. The standard InChI is InChI=1S/C50H66N4O2/c1-49(2)41-19-11-13-21-43(41)51(33-16-35-53(5,6)7)45(49)30-28-38-17-15-18-39(48(38)40-26-23-37(24-27-40)25-32-47(55)56)29-31-46-50(3,4)42-20-12-14-22-44(42)52(46)34-36-54(8,9)10/h11-14,19-24,26-31H,15-18,25,32-36H2,1-10H3/q+2/p+1. The fraction of sp³-hybridized carbons (Fsp3) is 0.440. The quantitative estimate of drug-likeness (QED) is 0.132. The molecule has 2 heterocycles. The first-order valence-electron chi connectivity index (χ1n) is 20.7. The lowest BCUT2D eigenvalue weighted by Gasteiger charge is -2.31. The third kappa shape index (κ3) is 9.03. The zero-order valence-electron chi connectivity index (χ0n) is 36.0. The lowest BCUT2D eigenvalue weighted by Crippen LogP contribution is -2.42. The first kappa shape index (κ1) is 41.1. The number of benzene rings is 3. The molecule has 0 bridgehead atoms. The summed E-state index contributed by atoms with van der Waals surface area (Å²) in [6, 6.07) is 26.6. The van der Waals surface area contributed by atoms with E-state index in [9.17, 15) is 9.90 Å². The van der Waals surface area contributed by atoms with Crippen LogP contribution in [0.3, 0.4) is 0 Å². The number of carboxylic acids is 1. The largest absolute Gasteiger partial charge is 0.481 e. The Morgan fingerprint density at radius 2 is 1.45 bits per heavy atom. The number of hydrogen-bond acceptors (Lipinski definition) is 2. The van der Waals surface area contributed by atoms with Crippen molar-refractivity contribution in [2.75, 3.05) is 73.4 Å². The van der Waals surface area contributed by atoms with Gasteiger partial charge in [0.25, 0.3) is 0 Å². The van der Waals surface area contributed by atoms with Gasteiger partial charge in [0.2, 0.25) is 5.69 Å². The molecule has 2 aliphatic heterocycles. The van der Waals surface area contributed by atoms with Crippen LogP contribution in [0, 0.1) is 0 Å². The number of aliphatic carboxylic acids is 1. The van der Waals surface area contributed by atoms with Crippen LogP contribution in [0.2, 0.25) is 0 Å². The number of allylic oxidation sites excluding steroid dienone is 8. The maximum absolute atomic E-state index is 11.4. The number of quaternary nitrogens is 2. The summed E-state index contributed by atoms with van der Waals surface area (Å²) in [6.45, 7) is 13.6. The fourth-order valence-electron chi connectivity index (χ4n) is 8.94. The van der Waals surface area contributed by atoms with E-state index in [0.717, 1.165) is 66.4 Å². The smallest absolute Gasteiger partial charge is 0.303 e. The number of para-hydroxylation sites is 2. The van der Waals surface area contributed by atoms with Gasteiger partial charge in [0.15, 0.2) is 12.3 Å². The van der Waals surface area contributed by atoms with Crippen molar-refractivity contribution in [1.82, 2.24) is 0 Å². The summed E-state index contributed by atoms with van der Waals surface area (Å²) in [4.78, 5) is 13.9. The SMILES string of the molecule is CC1(C)C(/C=C/C2=C(c3ccc(CCC(=O)O)cc3)C(=C/C=C3/N(CC[N+](C)(C)C)c4ccccc4C3(C)C)/CCC2)=[N+](CCC[N+](C)(C)C)c2ccccc21. The van der Waals surface area contributed by atoms with Crippen LogP contribution in [0.15, 0.2) is 114 Å². The first-order chi connectivity index (χ1) is 26.4. The molecule has 1 aliphatic carbocycles. The molecule has 1 N–H and O–H groups in total. The van der Waals surface area contributed by atoms with Gasteiger partial charge in [-0.1, -0.05) is 86.7 Å². The van der Waals surface area contributed by atoms with Crippen molar-refractivity contribution >= 4 is 28.6 Å². The van der Waals surface area contributed by atoms with E-state index >= 15 is 0 Å². The Balaban J connectivity index is 1.46. The van der Waals surface area contributed by atoms with Gasteiger partial charge in [0, 0.05) is 40.9 Å². The Labute approximate surface area is 337 Å². The van der Waals surface area contributed by atoms with E-state index in [0.29, 0.717) is 6.42 Å². The number of anilines is 1. The summed E-state index contributed by atoms with van der Waals surface area (Å²) in [5.41, 5.74) is 14.2. The Hall–Kier alpha value is -4.52. The average Bonchev–Trinajstić information content (AvgIpc) is 3.48. The molecular weight excluding hydrogens is 689 g/mol. The maximum Gasteiger partial charge on any atom is 0.303 e. The van der Waals surface area contributed by atoms with E-state index < -0.39 is 5.97 Å². The number of fused-ring (bicyclic) bond motifs is 2. The molecule has 3 aromatic carbocycles. The van der Waals surface area contributed by atoms with Crippen LogP contribution < -0.4 is 4.90 Å². The molecule has 0 aromatic heterocycles. The van der Waals surface area contributed by atoms with Crippen LogP contribution in [0.1, 0.15) is 82.1 Å². The van der Waals surface area contributed by atoms with Crippen LogP contribution in [-0.4, -0.2) is 98.8 Å². The molecule has 6 nitrogen and oxygen atoms in total. The normalized spacial score (nSPS) is 19.4. The molecule has 56 heavy (non-hydrogen) atoms. The number of nitrogens with zero attached hydrogens (tertiary/aromatic N) is 4. The second kappa shape index (κ2) is 16.1. The van der Waals surface area contributed by atoms with Gasteiger partial charge in [-0.2, -0.15) is 4.58 Å². The third-order valence-corrected chi connectivity index (χ3v) is 12.1. The summed E-state index contributed by atoms with van der Waals surface area (Å²) in [6.07, 6.45) is 14.6. The molecule has 0 amide bonds. The van der Waals surface area contributed by atoms with Crippen molar-refractivity contribution in [2.24, 2.45) is 0 Å². The fourth-order valence-corrected chi connectivity index (χ4v) is 8.94. The van der Waals surface area contributed by atoms with Crippen LogP contribution >= 0.6 is 0 Å². The van der Waals surface area contributed by atoms with Gasteiger partial charge >= 0.3 is 5.97 Å². The van der Waals surface area contributed by atoms with E-state index in [1.807, 2.05) is 0 Å². The minimum absolute atomic E-state index is 0.119. The molecule has 6 rings (SSSR count). The summed E-state index contributed by atoms with van der Waals surface area (Å²) in [5, 5.41) is 9.34. The minimum Gasteiger partial charge on any atom is -0.481 e. The predicted molar refractivity (Wildman–Crippen MR) is 235 cm³/mol. The topological polar surface area (TPSA) is 43.5 Å². The number of likely N-dealkylation sites (N-methyl/N-ethyl adjacent to an activating group) is 1. The monoisotopic (exact) mass is 756 g/mol. The highest BCUT2D eigenvalue weighted by Gasteiger charge is 2.44. The van der Waals surface area contributed by atoms with E-state index in [1.165, 1.54) is 56.2 Å². The van der Waals surface area contributed by atoms with Crippen molar-refractivity contribution in [1.29, 1.82) is 0 Å². The molecule has 3 aromatic rings. The van der Waals surface area contributed by atoms with Gasteiger partial charge in [-0.25, -0.2) is 0 Å². The van der Waals surface area contributed by atoms with Crippen molar-refractivity contribution < 1.29 is 23.4 Å². The van der Waals surface area contributed by atoms with E-state index in [-0.39, 0.29) is 17.3 Å². The second-order valence-corrected chi connectivity index (χ2v) is 19.3. The highest BCUT2D eigenvalue weighted by Crippen LogP contribution is 2.48. The predicted octanol–water partition coefficient (Wildman–Crippen LogP) is 9.68. The van der Waals surface area contributed by atoms with Crippen LogP contribution in [0.5, 0.6) is 0 Å². The molecule has 0 saturated carbocycles. The molecular formula is C50H67N4O2+3. The van der Waals surface area contributed by atoms with Crippen LogP contribution in [0.4, 0.5) is 11.4 Å². The van der Waals surface area contributed by atoms with Crippen LogP contribution in [-0.2, 0) is 22.0 Å². The Morgan fingerprint density at radius 1 is 0.786 bits per heavy atom. The lowest BCUT2D eigenvalue weighted by molar-refractivity contribution is -0.871. The lowest BCUT2D eigenvalue weighted by atomic mass is 9.79. The van der Waals surface area contributed by atoms with Crippen molar-refractivity contribution in [2.45, 2.75) is 77.0 Å². The van der Waals surface area contributed by atoms with Gasteiger partial charge in [0.05, 0.1) is 73.8 Å². The third-order valence-electron chi connectivity index (χ3n) is 12.1. The van der Waals surface area contributed by atoms with E-state index in [2.05, 4.69) is 177 Å². The van der Waals surface area contributed by atoms with Crippen molar-refractivity contribution in [3.05, 3.63) is 136 Å². The maximum atomic E-state index is 11.4. The second-order valence-electron chi connectivity index (χ2n) is 19.3. The average molecular weight is 756 g/mol. The Bertz CT molecular complexity index is 2090. The number of aryl methyl sites for hydroxylation is 1. The summed E-state index contributed by atoms with van der Waals surface area (Å²) in [5.74, 6) is -0.761. The molecule has 0 fully saturated rings. The van der Waals surface area contributed by atoms with Gasteiger partial charge in [-0.15, -0.1) is 0 Å². The molecule has 0 atom stereocenters. The summed E-state index contributed by atoms with van der Waals surface area (Å²) >= 11 is 0. The molecule has 296 valence electrons. The zero-order valence-corrected chi connectivity index (χ0v) is 36.0. The number of carboxylic acid groups (broad SMARTS) is 1. The first-order valence-corrected chi connectivity index (χ1v) is 20.7. The minimum atomic E-state index is -0.761. The van der Waals surface area contributed by atoms with Gasteiger partial charge in [-0.3, -0.25) is 4.79 Å². The van der Waals surface area contributed by atoms with Gasteiger partial charge < -0.3 is 19.0 Å². The summed E-state index contributed by atoms with van der Waals surface area (Å²) < 4.78 is 4.44. The number of hydrogen-bond donors (Lipinski definition) is 1. The van der Waals surface area contributed by atoms with Crippen LogP contribution in [0.25, 0.3) is 5.57 Å². The van der Waals surface area contributed by atoms with Gasteiger partial charge in [-0.05, 0) is 85.1 Å². The Morgan fingerprint density at radius 3 is 2.12 bits per heavy atom. The van der Waals surface area contributed by atoms with Crippen molar-refractivity contribution in [3.63, 3.8) is 0 Å². The summed E-state index contributed by atoms with van der Waals surface area (Å²) in [7, 11) is 13.6. The highest BCUT2D eigenvalue weighted by molar-refractivity contribution is 6.03. The number of rotatable bonds is 14. The van der Waals surface area contributed by atoms with Gasteiger partial charge in [0.1, 0.15) is 0 Å². The highest BCUT2D eigenvalue weighted by atomic mass is 16.4. The number of carbonyl (C=O) groups is 1. The molecule has 0 radical (unpaired) electrons. The van der Waals surface area contributed by atoms with Crippen molar-refractivity contribution in [3.8, 4) is 0 Å². The Kier molecular flexibility index (Phi) is 11.9. The molecule has 0 saturated heterocycles. The van der Waals surface area contributed by atoms with E-state index in [1.54, 1.807) is 0 Å². The zero-order chi connectivity index (χ0) is 40.5.